The van der Waals surface area contributed by atoms with Crippen molar-refractivity contribution in [2.75, 3.05) is 6.61 Å². The van der Waals surface area contributed by atoms with E-state index in [-0.39, 0.29) is 36.2 Å². The molecule has 1 aromatic rings. The van der Waals surface area contributed by atoms with E-state index in [2.05, 4.69) is 5.32 Å². The maximum Gasteiger partial charge on any atom is 1.00 e. The fourth-order valence-corrected chi connectivity index (χ4v) is 4.88. The zero-order valence-electron chi connectivity index (χ0n) is 15.1. The number of hydrogen-bond acceptors (Lipinski definition) is 6. The molecule has 7 nitrogen and oxygen atoms in total. The Morgan fingerprint density at radius 2 is 1.88 bits per heavy atom. The molecule has 2 fully saturated rings. The molecule has 1 N–H and O–H groups in total. The molecule has 3 rings (SSSR count). The van der Waals surface area contributed by atoms with Crippen LogP contribution in [-0.2, 0) is 14.4 Å². The minimum atomic E-state index is -1.42. The Balaban J connectivity index is 0.00000243. The summed E-state index contributed by atoms with van der Waals surface area (Å²) in [6.07, 6.45) is 0. The summed E-state index contributed by atoms with van der Waals surface area (Å²) < 4.78 is 4.63. The fraction of sp³-hybridized carbons (Fsp3) is 0.471. The third-order valence-corrected chi connectivity index (χ3v) is 6.65. The maximum atomic E-state index is 12.4. The Morgan fingerprint density at radius 1 is 1.27 bits per heavy atom. The first kappa shape index (κ1) is 21.1. The Bertz CT molecular complexity index is 729. The number of nitrogens with zero attached hydrogens (tertiary/aromatic N) is 1. The fourth-order valence-electron chi connectivity index (χ4n) is 3.12. The largest absolute Gasteiger partial charge is 1.00 e. The van der Waals surface area contributed by atoms with Crippen molar-refractivity contribution in [2.24, 2.45) is 0 Å². The van der Waals surface area contributed by atoms with E-state index in [1.54, 1.807) is 38.1 Å². The average molecular weight is 386 g/mol. The van der Waals surface area contributed by atoms with Crippen LogP contribution in [0.25, 0.3) is 0 Å². The van der Waals surface area contributed by atoms with Gasteiger partial charge in [0, 0.05) is 4.75 Å². The van der Waals surface area contributed by atoms with Crippen molar-refractivity contribution in [3.05, 3.63) is 30.3 Å². The van der Waals surface area contributed by atoms with Gasteiger partial charge in [0.05, 0.1) is 11.5 Å². The number of benzene rings is 1. The molecular weight excluding hydrogens is 367 g/mol. The Labute approximate surface area is 178 Å². The number of rotatable bonds is 5. The van der Waals surface area contributed by atoms with Gasteiger partial charge in [0.25, 0.3) is 5.91 Å². The Morgan fingerprint density at radius 3 is 2.46 bits per heavy atom. The molecule has 2 saturated heterocycles. The molecule has 2 aliphatic heterocycles. The number of carbonyl (C=O) groups excluding carboxylic acids is 3. The molecule has 26 heavy (non-hydrogen) atoms. The van der Waals surface area contributed by atoms with Crippen molar-refractivity contribution < 1.29 is 53.8 Å². The minimum Gasteiger partial charge on any atom is -0.548 e. The second-order valence-corrected chi connectivity index (χ2v) is 8.47. The number of amides is 2. The number of carbonyl (C=O) groups is 3. The Hall–Kier alpha value is -1.22. The molecule has 0 bridgehead atoms. The second kappa shape index (κ2) is 7.42. The zero-order valence-corrected chi connectivity index (χ0v) is 18.0. The van der Waals surface area contributed by atoms with Gasteiger partial charge in [0.2, 0.25) is 5.91 Å². The van der Waals surface area contributed by atoms with Gasteiger partial charge >= 0.3 is 29.6 Å². The summed E-state index contributed by atoms with van der Waals surface area (Å²) in [5, 5.41) is 13.8. The van der Waals surface area contributed by atoms with Gasteiger partial charge in [-0.1, -0.05) is 18.2 Å². The van der Waals surface area contributed by atoms with E-state index >= 15 is 0 Å². The molecule has 0 unspecified atom stereocenters. The third-order valence-electron chi connectivity index (χ3n) is 4.94. The first-order chi connectivity index (χ1) is 11.7. The van der Waals surface area contributed by atoms with E-state index in [1.807, 2.05) is 6.07 Å². The molecule has 3 atom stereocenters. The van der Waals surface area contributed by atoms with E-state index in [1.165, 1.54) is 23.6 Å². The molecule has 134 valence electrons. The molecule has 0 aromatic heterocycles. The Kier molecular flexibility index (Phi) is 6.02. The van der Waals surface area contributed by atoms with Gasteiger partial charge in [0.1, 0.15) is 17.2 Å². The van der Waals surface area contributed by atoms with Crippen LogP contribution in [0.2, 0.25) is 0 Å². The summed E-state index contributed by atoms with van der Waals surface area (Å²) in [6, 6.07) is 8.12. The van der Waals surface area contributed by atoms with Crippen LogP contribution in [0.5, 0.6) is 5.75 Å². The molecular formula is C17H19N2NaO5S. The summed E-state index contributed by atoms with van der Waals surface area (Å²) in [4.78, 5) is 37.4. The number of aliphatic carboxylic acids is 1. The SMILES string of the molecule is CC1(C)S[C@@H]2[C@H](NC(=O)COc3ccccc3)C(=O)N2[C@@]1(C)C(=O)[O-].[Na+]. The van der Waals surface area contributed by atoms with Crippen molar-refractivity contribution in [3.8, 4) is 5.75 Å². The number of para-hydroxylation sites is 1. The van der Waals surface area contributed by atoms with Gasteiger partial charge in [-0.25, -0.2) is 0 Å². The molecule has 0 saturated carbocycles. The van der Waals surface area contributed by atoms with Gasteiger partial charge in [-0.05, 0) is 32.9 Å². The predicted octanol–water partition coefficient (Wildman–Crippen LogP) is -3.24. The number of carboxylic acids is 1. The molecule has 0 spiro atoms. The number of carboxylic acid groups (broad SMARTS) is 1. The van der Waals surface area contributed by atoms with Crippen LogP contribution in [0, 0.1) is 0 Å². The summed E-state index contributed by atoms with van der Waals surface area (Å²) in [6.45, 7) is 4.79. The molecule has 1 aromatic carbocycles. The van der Waals surface area contributed by atoms with Crippen LogP contribution in [-0.4, -0.2) is 51.0 Å². The van der Waals surface area contributed by atoms with E-state index in [9.17, 15) is 19.5 Å². The summed E-state index contributed by atoms with van der Waals surface area (Å²) in [7, 11) is 0. The van der Waals surface area contributed by atoms with Crippen molar-refractivity contribution in [1.29, 1.82) is 0 Å². The van der Waals surface area contributed by atoms with Crippen molar-refractivity contribution in [3.63, 3.8) is 0 Å². The number of ether oxygens (including phenoxy) is 1. The van der Waals surface area contributed by atoms with Crippen molar-refractivity contribution >= 4 is 29.5 Å². The first-order valence-electron chi connectivity index (χ1n) is 7.88. The minimum absolute atomic E-state index is 0. The van der Waals surface area contributed by atoms with Crippen molar-refractivity contribution in [2.45, 2.75) is 42.5 Å². The van der Waals surface area contributed by atoms with Crippen molar-refractivity contribution in [1.82, 2.24) is 10.2 Å². The van der Waals surface area contributed by atoms with Gasteiger partial charge in [-0.2, -0.15) is 0 Å². The smallest absolute Gasteiger partial charge is 0.548 e. The van der Waals surface area contributed by atoms with Crippen LogP contribution < -0.4 is 44.7 Å². The summed E-state index contributed by atoms with van der Waals surface area (Å²) in [5.74, 6) is -1.58. The van der Waals surface area contributed by atoms with E-state index in [0.29, 0.717) is 5.75 Å². The summed E-state index contributed by atoms with van der Waals surface area (Å²) in [5.41, 5.74) is -1.42. The van der Waals surface area contributed by atoms with Gasteiger partial charge in [0.15, 0.2) is 6.61 Å². The number of nitrogens with one attached hydrogen (secondary N) is 1. The summed E-state index contributed by atoms with van der Waals surface area (Å²) >= 11 is 1.35. The third kappa shape index (κ3) is 3.24. The van der Waals surface area contributed by atoms with Gasteiger partial charge in [-0.3, -0.25) is 9.59 Å². The van der Waals surface area contributed by atoms with Crippen LogP contribution >= 0.6 is 11.8 Å². The number of β-lactam (4-membered cyclic amide) rings is 1. The van der Waals surface area contributed by atoms with Crippen LogP contribution in [0.15, 0.2) is 30.3 Å². The predicted molar refractivity (Wildman–Crippen MR) is 89.6 cm³/mol. The zero-order chi connectivity index (χ0) is 18.4. The monoisotopic (exact) mass is 386 g/mol. The van der Waals surface area contributed by atoms with E-state index in [0.717, 1.165) is 0 Å². The molecule has 0 radical (unpaired) electrons. The molecule has 0 aliphatic carbocycles. The van der Waals surface area contributed by atoms with Crippen LogP contribution in [0.1, 0.15) is 20.8 Å². The number of hydrogen-bond donors (Lipinski definition) is 1. The number of thioether (sulfide) groups is 1. The van der Waals surface area contributed by atoms with E-state index < -0.39 is 39.5 Å². The quantitative estimate of drug-likeness (QED) is 0.422. The average Bonchev–Trinajstić information content (AvgIpc) is 2.77. The van der Waals surface area contributed by atoms with E-state index in [4.69, 9.17) is 4.74 Å². The normalized spacial score (nSPS) is 28.4. The molecule has 2 aliphatic rings. The maximum absolute atomic E-state index is 12.4. The van der Waals surface area contributed by atoms with Crippen LogP contribution in [0.4, 0.5) is 0 Å². The molecule has 9 heteroatoms. The van der Waals surface area contributed by atoms with Gasteiger partial charge < -0.3 is 24.9 Å². The molecule has 2 heterocycles. The second-order valence-electron chi connectivity index (χ2n) is 6.73. The van der Waals surface area contributed by atoms with Gasteiger partial charge in [-0.15, -0.1) is 11.8 Å². The first-order valence-corrected chi connectivity index (χ1v) is 8.76. The standard InChI is InChI=1S/C17H20N2O5S.Na/c1-16(2)17(3,15(22)23)19-13(21)12(14(19)25-16)18-11(20)9-24-10-7-5-4-6-8-10;/h4-8,12,14H,9H2,1-3H3,(H,18,20)(H,22,23);/q;+1/p-1/t12-,14-,17+;/m1./s1. The number of fused-ring (bicyclic) bond motifs is 1. The topological polar surface area (TPSA) is 98.8 Å². The van der Waals surface area contributed by atoms with Crippen LogP contribution in [0.3, 0.4) is 0 Å². The molecule has 2 amide bonds.